The van der Waals surface area contributed by atoms with E-state index in [1.807, 2.05) is 12.1 Å². The van der Waals surface area contributed by atoms with Crippen LogP contribution in [0.4, 0.5) is 0 Å². The van der Waals surface area contributed by atoms with Crippen molar-refractivity contribution in [2.24, 2.45) is 5.73 Å². The number of hydrogen-bond acceptors (Lipinski definition) is 3. The van der Waals surface area contributed by atoms with Crippen molar-refractivity contribution in [1.29, 1.82) is 0 Å². The van der Waals surface area contributed by atoms with E-state index in [1.165, 1.54) is 18.4 Å². The predicted octanol–water partition coefficient (Wildman–Crippen LogP) is 1.88. The van der Waals surface area contributed by atoms with Crippen molar-refractivity contribution in [3.63, 3.8) is 0 Å². The molecule has 17 heavy (non-hydrogen) atoms. The van der Waals surface area contributed by atoms with Crippen molar-refractivity contribution in [2.45, 2.75) is 31.2 Å². The highest BCUT2D eigenvalue weighted by Crippen LogP contribution is 2.37. The maximum absolute atomic E-state index is 5.47. The minimum atomic E-state index is 0.689. The number of ether oxygens (including phenoxy) is 1. The molecule has 1 aromatic carbocycles. The van der Waals surface area contributed by atoms with E-state index in [-0.39, 0.29) is 0 Å². The van der Waals surface area contributed by atoms with Gasteiger partial charge in [0.25, 0.3) is 0 Å². The summed E-state index contributed by atoms with van der Waals surface area (Å²) >= 11 is 0. The molecule has 0 bridgehead atoms. The van der Waals surface area contributed by atoms with Gasteiger partial charge in [0.05, 0.1) is 7.11 Å². The van der Waals surface area contributed by atoms with E-state index in [0.29, 0.717) is 6.04 Å². The lowest BCUT2D eigenvalue weighted by Crippen LogP contribution is -2.40. The Balaban J connectivity index is 1.74. The van der Waals surface area contributed by atoms with Gasteiger partial charge in [-0.2, -0.15) is 0 Å². The first kappa shape index (κ1) is 12.4. The van der Waals surface area contributed by atoms with Gasteiger partial charge in [-0.15, -0.1) is 0 Å². The Morgan fingerprint density at radius 2 is 2.00 bits per heavy atom. The van der Waals surface area contributed by atoms with Crippen molar-refractivity contribution >= 4 is 0 Å². The zero-order valence-corrected chi connectivity index (χ0v) is 10.5. The van der Waals surface area contributed by atoms with Crippen LogP contribution in [0.5, 0.6) is 5.75 Å². The molecule has 94 valence electrons. The summed E-state index contributed by atoms with van der Waals surface area (Å²) in [5.74, 6) is 1.65. The second kappa shape index (κ2) is 6.03. The monoisotopic (exact) mass is 234 g/mol. The summed E-state index contributed by atoms with van der Waals surface area (Å²) in [6, 6.07) is 9.14. The van der Waals surface area contributed by atoms with E-state index in [1.54, 1.807) is 7.11 Å². The molecule has 3 heteroatoms. The van der Waals surface area contributed by atoms with Crippen molar-refractivity contribution < 1.29 is 4.74 Å². The molecule has 0 aliphatic heterocycles. The lowest BCUT2D eigenvalue weighted by Gasteiger charge is -2.36. The normalized spacial score (nSPS) is 23.2. The fourth-order valence-corrected chi connectivity index (χ4v) is 2.34. The molecule has 0 aromatic heterocycles. The highest BCUT2D eigenvalue weighted by molar-refractivity contribution is 5.30. The SMILES string of the molecule is COc1ccc(C2CC(NCCCN)C2)cc1. The van der Waals surface area contributed by atoms with E-state index < -0.39 is 0 Å². The summed E-state index contributed by atoms with van der Waals surface area (Å²) < 4.78 is 5.16. The minimum Gasteiger partial charge on any atom is -0.497 e. The van der Waals surface area contributed by atoms with E-state index in [4.69, 9.17) is 10.5 Å². The Bertz CT molecular complexity index is 331. The van der Waals surface area contributed by atoms with Gasteiger partial charge in [-0.3, -0.25) is 0 Å². The molecular weight excluding hydrogens is 212 g/mol. The highest BCUT2D eigenvalue weighted by atomic mass is 16.5. The maximum Gasteiger partial charge on any atom is 0.118 e. The zero-order chi connectivity index (χ0) is 12.1. The smallest absolute Gasteiger partial charge is 0.118 e. The second-order valence-corrected chi connectivity index (χ2v) is 4.73. The van der Waals surface area contributed by atoms with Crippen LogP contribution in [0, 0.1) is 0 Å². The van der Waals surface area contributed by atoms with Gasteiger partial charge in [-0.05, 0) is 56.0 Å². The molecule has 1 fully saturated rings. The third-order valence-electron chi connectivity index (χ3n) is 3.54. The van der Waals surface area contributed by atoms with E-state index in [2.05, 4.69) is 17.4 Å². The molecule has 3 N–H and O–H groups in total. The Morgan fingerprint density at radius 3 is 2.59 bits per heavy atom. The quantitative estimate of drug-likeness (QED) is 0.739. The fourth-order valence-electron chi connectivity index (χ4n) is 2.34. The molecule has 3 nitrogen and oxygen atoms in total. The van der Waals surface area contributed by atoms with E-state index in [9.17, 15) is 0 Å². The Hall–Kier alpha value is -1.06. The average Bonchev–Trinajstić information content (AvgIpc) is 2.32. The molecule has 0 spiro atoms. The third kappa shape index (κ3) is 3.20. The van der Waals surface area contributed by atoms with Gasteiger partial charge in [-0.1, -0.05) is 12.1 Å². The van der Waals surface area contributed by atoms with Crippen molar-refractivity contribution in [3.05, 3.63) is 29.8 Å². The minimum absolute atomic E-state index is 0.689. The topological polar surface area (TPSA) is 47.3 Å². The largest absolute Gasteiger partial charge is 0.497 e. The zero-order valence-electron chi connectivity index (χ0n) is 10.5. The standard InChI is InChI=1S/C14H22N2O/c1-17-14-5-3-11(4-6-14)12-9-13(10-12)16-8-2-7-15/h3-6,12-13,16H,2,7-10,15H2,1H3. The third-order valence-corrected chi connectivity index (χ3v) is 3.54. The summed E-state index contributed by atoms with van der Waals surface area (Å²) in [6.07, 6.45) is 3.57. The van der Waals surface area contributed by atoms with Gasteiger partial charge in [0.1, 0.15) is 5.75 Å². The van der Waals surface area contributed by atoms with Crippen molar-refractivity contribution in [3.8, 4) is 5.75 Å². The van der Waals surface area contributed by atoms with Gasteiger partial charge < -0.3 is 15.8 Å². The van der Waals surface area contributed by atoms with Crippen LogP contribution in [0.3, 0.4) is 0 Å². The Morgan fingerprint density at radius 1 is 1.29 bits per heavy atom. The summed E-state index contributed by atoms with van der Waals surface area (Å²) in [5, 5.41) is 3.54. The maximum atomic E-state index is 5.47. The van der Waals surface area contributed by atoms with E-state index >= 15 is 0 Å². The Kier molecular flexibility index (Phi) is 4.40. The lowest BCUT2D eigenvalue weighted by atomic mass is 9.76. The molecule has 0 heterocycles. The molecule has 0 atom stereocenters. The van der Waals surface area contributed by atoms with Crippen LogP contribution in [0.1, 0.15) is 30.7 Å². The van der Waals surface area contributed by atoms with Gasteiger partial charge in [0, 0.05) is 6.04 Å². The summed E-state index contributed by atoms with van der Waals surface area (Å²) in [4.78, 5) is 0. The van der Waals surface area contributed by atoms with Crippen LogP contribution >= 0.6 is 0 Å². The number of nitrogens with two attached hydrogens (primary N) is 1. The molecule has 1 aromatic rings. The molecule has 0 unspecified atom stereocenters. The van der Waals surface area contributed by atoms with Crippen LogP contribution in [0.25, 0.3) is 0 Å². The number of nitrogens with one attached hydrogen (secondary N) is 1. The summed E-state index contributed by atoms with van der Waals surface area (Å²) in [5.41, 5.74) is 6.90. The summed E-state index contributed by atoms with van der Waals surface area (Å²) in [7, 11) is 1.70. The first-order valence-corrected chi connectivity index (χ1v) is 6.41. The average molecular weight is 234 g/mol. The van der Waals surface area contributed by atoms with Crippen LogP contribution in [0.2, 0.25) is 0 Å². The summed E-state index contributed by atoms with van der Waals surface area (Å²) in [6.45, 7) is 1.83. The molecule has 0 saturated heterocycles. The number of methoxy groups -OCH3 is 1. The van der Waals surface area contributed by atoms with Gasteiger partial charge in [0.2, 0.25) is 0 Å². The highest BCUT2D eigenvalue weighted by Gasteiger charge is 2.29. The number of rotatable bonds is 6. The van der Waals surface area contributed by atoms with Crippen molar-refractivity contribution in [2.75, 3.05) is 20.2 Å². The molecular formula is C14H22N2O. The number of benzene rings is 1. The van der Waals surface area contributed by atoms with Gasteiger partial charge >= 0.3 is 0 Å². The number of hydrogen-bond donors (Lipinski definition) is 2. The van der Waals surface area contributed by atoms with Crippen LogP contribution in [-0.4, -0.2) is 26.2 Å². The molecule has 1 saturated carbocycles. The van der Waals surface area contributed by atoms with Crippen LogP contribution in [-0.2, 0) is 0 Å². The van der Waals surface area contributed by atoms with Crippen molar-refractivity contribution in [1.82, 2.24) is 5.32 Å². The fraction of sp³-hybridized carbons (Fsp3) is 0.571. The molecule has 1 aliphatic rings. The second-order valence-electron chi connectivity index (χ2n) is 4.73. The van der Waals surface area contributed by atoms with Crippen LogP contribution < -0.4 is 15.8 Å². The Labute approximate surface area is 103 Å². The lowest BCUT2D eigenvalue weighted by molar-refractivity contribution is 0.291. The molecule has 0 amide bonds. The van der Waals surface area contributed by atoms with E-state index in [0.717, 1.165) is 31.2 Å². The van der Waals surface area contributed by atoms with Gasteiger partial charge in [-0.25, -0.2) is 0 Å². The molecule has 0 radical (unpaired) electrons. The van der Waals surface area contributed by atoms with Crippen LogP contribution in [0.15, 0.2) is 24.3 Å². The first-order valence-electron chi connectivity index (χ1n) is 6.41. The molecule has 2 rings (SSSR count). The molecule has 1 aliphatic carbocycles. The first-order chi connectivity index (χ1) is 8.33. The van der Waals surface area contributed by atoms with Gasteiger partial charge in [0.15, 0.2) is 0 Å². The predicted molar refractivity (Wildman–Crippen MR) is 70.4 cm³/mol.